The average Bonchev–Trinajstić information content (AvgIpc) is 1.09. The molecule has 7 heterocycles. The Kier molecular flexibility index (Phi) is 36.3. The van der Waals surface area contributed by atoms with Crippen molar-refractivity contribution in [3.63, 3.8) is 0 Å². The van der Waals surface area contributed by atoms with Gasteiger partial charge in [-0.1, -0.05) is 85.7 Å². The van der Waals surface area contributed by atoms with Crippen LogP contribution in [-0.2, 0) is 32.0 Å². The highest BCUT2D eigenvalue weighted by atomic mass is 79.9. The molecule has 0 bridgehead atoms. The number of likely N-dealkylation sites (tertiary alicyclic amines) is 4. The number of methoxy groups -OCH3 is 4. The van der Waals surface area contributed by atoms with Crippen LogP contribution in [0, 0.1) is 20.8 Å². The van der Waals surface area contributed by atoms with E-state index in [0.717, 1.165) is 132 Å². The number of esters is 4. The molecule has 4 fully saturated rings. The fourth-order valence-corrected chi connectivity index (χ4v) is 14.8. The van der Waals surface area contributed by atoms with Crippen molar-refractivity contribution in [1.82, 2.24) is 55.2 Å². The van der Waals surface area contributed by atoms with Gasteiger partial charge in [0.15, 0.2) is 0 Å². The molecule has 0 spiro atoms. The van der Waals surface area contributed by atoms with E-state index in [1.165, 1.54) is 64.8 Å². The molecule has 4 saturated heterocycles. The topological polar surface area (TPSA) is 384 Å². The Morgan fingerprint density at radius 3 is 0.858 bits per heavy atom. The van der Waals surface area contributed by atoms with Crippen LogP contribution in [0.15, 0.2) is 175 Å². The zero-order valence-electron chi connectivity index (χ0n) is 66.5. The lowest BCUT2D eigenvalue weighted by molar-refractivity contribution is 0.0585. The minimum atomic E-state index is -1.09. The zero-order chi connectivity index (χ0) is 87.3. The minimum Gasteiger partial charge on any atom is -0.478 e. The highest BCUT2D eigenvalue weighted by Gasteiger charge is 2.27. The Hall–Kier alpha value is -11.3. The molecule has 9 aromatic rings. The number of amides is 6. The number of aryl methyl sites for hydroxylation is 3. The summed E-state index contributed by atoms with van der Waals surface area (Å²) in [6.45, 7) is 12.4. The Morgan fingerprint density at radius 2 is 0.567 bits per heavy atom. The molecule has 0 radical (unpaired) electrons. The minimum absolute atomic E-state index is 0.0280. The van der Waals surface area contributed by atoms with Crippen molar-refractivity contribution >= 4 is 151 Å². The molecule has 29 nitrogen and oxygen atoms in total. The van der Waals surface area contributed by atoms with Gasteiger partial charge in [-0.2, -0.15) is 0 Å². The van der Waals surface area contributed by atoms with E-state index >= 15 is 0 Å². The lowest BCUT2D eigenvalue weighted by atomic mass is 10.0. The number of ether oxygens (including phenoxy) is 4. The summed E-state index contributed by atoms with van der Waals surface area (Å²) in [5.74, 6) is -3.44. The van der Waals surface area contributed by atoms with E-state index in [1.807, 2.05) is 53.7 Å². The number of pyridine rings is 1. The second kappa shape index (κ2) is 46.3. The third-order valence-electron chi connectivity index (χ3n) is 18.5. The molecular weight excluding hydrogens is 1870 g/mol. The van der Waals surface area contributed by atoms with Gasteiger partial charge in [-0.05, 0) is 193 Å². The van der Waals surface area contributed by atoms with Gasteiger partial charge in [-0.15, -0.1) is 0 Å². The van der Waals surface area contributed by atoms with Gasteiger partial charge in [0.2, 0.25) is 0 Å². The van der Waals surface area contributed by atoms with Gasteiger partial charge in [-0.3, -0.25) is 33.8 Å². The Bertz CT molecular complexity index is 5200. The van der Waals surface area contributed by atoms with E-state index in [1.54, 1.807) is 103 Å². The second-order valence-corrected chi connectivity index (χ2v) is 32.0. The maximum atomic E-state index is 13.0. The number of hydrogen-bond donors (Lipinski definition) is 4. The molecule has 3 aromatic heterocycles. The summed E-state index contributed by atoms with van der Waals surface area (Å²) in [6.07, 6.45) is 16.8. The summed E-state index contributed by atoms with van der Waals surface area (Å²) < 4.78 is 21.4. The zero-order valence-corrected chi connectivity index (χ0v) is 74.4. The standard InChI is InChI=1S/C24H25N5O2.C18H19BrN4O2.C13H14BrNO3.C12H12BrNO3.C10H9BrO4.C9H7BrO4/c1-16-5-6-22(27-12-16)19-9-20(11-21(10-19)24(31)29-7-3-4-8-29)23(30)28-15-18-13-25-17(2)26-14-18;1-12-20-9-13(10-21-12)11-22-17(24)14-6-15(8-16(19)7-14)18(25)23-4-2-3-5-23;1-18-13(17)10-6-9(7-11(14)8-10)12(16)15-4-2-3-5-15;13-10-6-8(5-9(7-10)12(16)17)11(15)14-3-1-2-4-14;1-14-9(12)6-3-7(10(13)15-2)5-8(11)4-6;1-14-9(13)6-2-5(8(11)12)3-7(10)4-6/h5-6,9-14H,3-4,7-8,15H2,1-2H3,(H,28,30);6-10H,2-5,11H2,1H3,(H,22,24);6-8H,2-5H2,1H3;5-7H,1-4H2,(H,16,17);3-5H,1-2H3;2-4H,1H3,(H,11,12). The largest absolute Gasteiger partial charge is 0.478 e. The van der Waals surface area contributed by atoms with Crippen molar-refractivity contribution in [2.24, 2.45) is 0 Å². The highest BCUT2D eigenvalue weighted by molar-refractivity contribution is 9.11. The molecule has 4 aliphatic heterocycles. The van der Waals surface area contributed by atoms with Crippen LogP contribution in [-0.4, -0.2) is 207 Å². The number of nitrogens with one attached hydrogen (secondary N) is 2. The quantitative estimate of drug-likeness (QED) is 0.0486. The van der Waals surface area contributed by atoms with Crippen LogP contribution in [0.1, 0.15) is 204 Å². The molecule has 0 atom stereocenters. The molecule has 120 heavy (non-hydrogen) atoms. The van der Waals surface area contributed by atoms with Crippen LogP contribution >= 0.6 is 79.6 Å². The first-order valence-corrected chi connectivity index (χ1v) is 41.5. The van der Waals surface area contributed by atoms with E-state index in [9.17, 15) is 57.5 Å². The van der Waals surface area contributed by atoms with Crippen molar-refractivity contribution < 1.29 is 86.7 Å². The maximum absolute atomic E-state index is 13.0. The molecule has 0 aliphatic carbocycles. The summed E-state index contributed by atoms with van der Waals surface area (Å²) in [5.41, 5.74) is 8.36. The smallest absolute Gasteiger partial charge is 0.337 e. The fraction of sp³-hybridized carbons (Fsp3) is 0.291. The normalized spacial score (nSPS) is 12.9. The molecule has 13 rings (SSSR count). The maximum Gasteiger partial charge on any atom is 0.337 e. The number of hydrogen-bond acceptors (Lipinski definition) is 21. The van der Waals surface area contributed by atoms with Crippen molar-refractivity contribution in [1.29, 1.82) is 0 Å². The summed E-state index contributed by atoms with van der Waals surface area (Å²) in [5, 5.41) is 23.4. The summed E-state index contributed by atoms with van der Waals surface area (Å²) >= 11 is 16.2. The molecule has 34 heteroatoms. The number of nitrogens with zero attached hydrogens (tertiary/aromatic N) is 9. The predicted molar refractivity (Wildman–Crippen MR) is 461 cm³/mol. The van der Waals surface area contributed by atoms with Gasteiger partial charge in [0.1, 0.15) is 11.6 Å². The third kappa shape index (κ3) is 28.4. The van der Waals surface area contributed by atoms with Gasteiger partial charge < -0.3 is 59.4 Å². The molecule has 0 unspecified atom stereocenters. The van der Waals surface area contributed by atoms with Crippen molar-refractivity contribution in [2.75, 3.05) is 80.8 Å². The van der Waals surface area contributed by atoms with Gasteiger partial charge in [0.25, 0.3) is 35.4 Å². The second-order valence-electron chi connectivity index (χ2n) is 27.4. The molecule has 4 aliphatic rings. The molecule has 6 aromatic carbocycles. The van der Waals surface area contributed by atoms with Gasteiger partial charge in [-0.25, -0.2) is 48.7 Å². The van der Waals surface area contributed by atoms with E-state index in [4.69, 9.17) is 10.2 Å². The number of aromatic nitrogens is 5. The van der Waals surface area contributed by atoms with E-state index < -0.39 is 35.8 Å². The number of benzene rings is 6. The molecule has 6 amide bonds. The fourth-order valence-electron chi connectivity index (χ4n) is 12.3. The summed E-state index contributed by atoms with van der Waals surface area (Å²) in [4.78, 5) is 170. The lowest BCUT2D eigenvalue weighted by Crippen LogP contribution is -2.28. The van der Waals surface area contributed by atoms with Crippen LogP contribution in [0.25, 0.3) is 11.3 Å². The van der Waals surface area contributed by atoms with E-state index in [-0.39, 0.29) is 52.1 Å². The molecule has 628 valence electrons. The van der Waals surface area contributed by atoms with Gasteiger partial charge in [0.05, 0.1) is 67.5 Å². The number of carbonyl (C=O) groups excluding carboxylic acids is 10. The van der Waals surface area contributed by atoms with Crippen molar-refractivity contribution in [3.8, 4) is 11.3 Å². The van der Waals surface area contributed by atoms with Gasteiger partial charge >= 0.3 is 35.8 Å². The molecular formula is C86H86Br5N11O18. The van der Waals surface area contributed by atoms with Crippen LogP contribution in [0.2, 0.25) is 0 Å². The van der Waals surface area contributed by atoms with E-state index in [0.29, 0.717) is 97.2 Å². The van der Waals surface area contributed by atoms with Gasteiger partial charge in [0, 0.05) is 169 Å². The number of halogens is 5. The lowest BCUT2D eigenvalue weighted by Gasteiger charge is -2.17. The van der Waals surface area contributed by atoms with Crippen LogP contribution in [0.3, 0.4) is 0 Å². The summed E-state index contributed by atoms with van der Waals surface area (Å²) in [7, 11) is 5.12. The average molecular weight is 1960 g/mol. The Labute approximate surface area is 734 Å². The van der Waals surface area contributed by atoms with Crippen LogP contribution in [0.4, 0.5) is 0 Å². The SMILES string of the molecule is COC(=O)c1cc(Br)cc(C(=O)N2CCCC2)c1.COC(=O)c1cc(Br)cc(C(=O)O)c1.COC(=O)c1cc(Br)cc(C(=O)OC)c1.Cc1ccc(-c2cc(C(=O)NCc3cnc(C)nc3)cc(C(=O)N3CCCC3)c2)nc1.Cc1ncc(CNC(=O)c2cc(Br)cc(C(=O)N3CCCC3)c2)cn1.O=C(O)c1cc(Br)cc(C(=O)N2CCCC2)c1. The van der Waals surface area contributed by atoms with Crippen molar-refractivity contribution in [2.45, 2.75) is 85.2 Å². The van der Waals surface area contributed by atoms with Crippen LogP contribution < -0.4 is 10.6 Å². The first-order chi connectivity index (χ1) is 57.3. The Balaban J connectivity index is 0.000000184. The number of carboxylic acids is 2. The number of rotatable bonds is 17. The first-order valence-electron chi connectivity index (χ1n) is 37.5. The highest BCUT2D eigenvalue weighted by Crippen LogP contribution is 2.28. The predicted octanol–water partition coefficient (Wildman–Crippen LogP) is 14.8. The Morgan fingerprint density at radius 1 is 0.325 bits per heavy atom. The number of aromatic carboxylic acids is 2. The first kappa shape index (κ1) is 94.2. The van der Waals surface area contributed by atoms with Crippen molar-refractivity contribution in [3.05, 3.63) is 270 Å². The van der Waals surface area contributed by atoms with E-state index in [2.05, 4.69) is 134 Å². The van der Waals surface area contributed by atoms with Crippen LogP contribution in [0.5, 0.6) is 0 Å². The third-order valence-corrected chi connectivity index (χ3v) is 20.8. The summed E-state index contributed by atoms with van der Waals surface area (Å²) in [6, 6.07) is 32.5. The molecule has 0 saturated carbocycles. The monoisotopic (exact) mass is 1960 g/mol. The number of carbonyl (C=O) groups is 12. The number of carboxylic acid groups (broad SMARTS) is 2. The molecule has 4 N–H and O–H groups in total.